The number of nitrogens with zero attached hydrogens (tertiary/aromatic N) is 6. The van der Waals surface area contributed by atoms with Crippen molar-refractivity contribution in [3.8, 4) is 0 Å². The van der Waals surface area contributed by atoms with Gasteiger partial charge in [-0.3, -0.25) is 14.3 Å². The molecule has 0 spiro atoms. The highest BCUT2D eigenvalue weighted by molar-refractivity contribution is 5.12. The molecule has 3 aliphatic rings. The molecule has 0 bridgehead atoms. The first-order chi connectivity index (χ1) is 12.8. The van der Waals surface area contributed by atoms with Crippen LogP contribution >= 0.6 is 0 Å². The summed E-state index contributed by atoms with van der Waals surface area (Å²) in [6, 6.07) is 2.38. The van der Waals surface area contributed by atoms with Crippen molar-refractivity contribution >= 4 is 0 Å². The van der Waals surface area contributed by atoms with Gasteiger partial charge in [0.25, 0.3) is 5.56 Å². The van der Waals surface area contributed by atoms with Gasteiger partial charge < -0.3 is 4.57 Å². The summed E-state index contributed by atoms with van der Waals surface area (Å²) < 4.78 is 4.05. The van der Waals surface area contributed by atoms with Crippen LogP contribution in [0.1, 0.15) is 62.0 Å². The smallest absolute Gasteiger partial charge is 0.253 e. The first-order valence-corrected chi connectivity index (χ1v) is 9.93. The molecule has 2 saturated carbocycles. The third-order valence-corrected chi connectivity index (χ3v) is 6.01. The fourth-order valence-corrected chi connectivity index (χ4v) is 4.02. The number of likely N-dealkylation sites (tertiary alicyclic amines) is 1. The second-order valence-corrected chi connectivity index (χ2v) is 8.18. The molecule has 1 aliphatic heterocycles. The molecule has 7 heteroatoms. The van der Waals surface area contributed by atoms with E-state index in [0.717, 1.165) is 50.5 Å². The Morgan fingerprint density at radius 2 is 1.85 bits per heavy atom. The van der Waals surface area contributed by atoms with Gasteiger partial charge in [0.2, 0.25) is 0 Å². The van der Waals surface area contributed by atoms with Crippen LogP contribution in [0.25, 0.3) is 0 Å². The summed E-state index contributed by atoms with van der Waals surface area (Å²) >= 11 is 0. The van der Waals surface area contributed by atoms with Crippen molar-refractivity contribution in [1.82, 2.24) is 29.2 Å². The fourth-order valence-electron chi connectivity index (χ4n) is 4.02. The second-order valence-electron chi connectivity index (χ2n) is 8.18. The highest BCUT2D eigenvalue weighted by Crippen LogP contribution is 2.38. The number of hydrogen-bond donors (Lipinski definition) is 0. The minimum absolute atomic E-state index is 0.113. The van der Waals surface area contributed by atoms with Gasteiger partial charge >= 0.3 is 0 Å². The van der Waals surface area contributed by atoms with Crippen LogP contribution in [0.2, 0.25) is 0 Å². The van der Waals surface area contributed by atoms with Gasteiger partial charge in [-0.1, -0.05) is 0 Å². The fraction of sp³-hybridized carbons (Fsp3) is 0.684. The Kier molecular flexibility index (Phi) is 4.11. The minimum Gasteiger partial charge on any atom is -0.313 e. The van der Waals surface area contributed by atoms with Crippen molar-refractivity contribution in [3.05, 3.63) is 40.6 Å². The Balaban J connectivity index is 1.16. The average Bonchev–Trinajstić information content (AvgIpc) is 3.57. The van der Waals surface area contributed by atoms with Crippen LogP contribution in [0.5, 0.6) is 0 Å². The zero-order chi connectivity index (χ0) is 17.5. The van der Waals surface area contributed by atoms with Crippen molar-refractivity contribution in [2.45, 2.75) is 63.6 Å². The summed E-state index contributed by atoms with van der Waals surface area (Å²) in [4.78, 5) is 19.3. The maximum atomic E-state index is 12.3. The number of piperidine rings is 1. The normalized spacial score (nSPS) is 22.0. The molecule has 3 fully saturated rings. The van der Waals surface area contributed by atoms with E-state index < -0.39 is 0 Å². The van der Waals surface area contributed by atoms with Crippen LogP contribution in [-0.2, 0) is 13.1 Å². The van der Waals surface area contributed by atoms with Crippen molar-refractivity contribution in [1.29, 1.82) is 0 Å². The molecule has 7 nitrogen and oxygen atoms in total. The largest absolute Gasteiger partial charge is 0.313 e. The van der Waals surface area contributed by atoms with E-state index in [4.69, 9.17) is 0 Å². The SMILES string of the molecule is O=c1cc(C2CC2)ncn1CC1CCN(Cc2nncn2C2CC2)CC1. The Morgan fingerprint density at radius 1 is 1.04 bits per heavy atom. The van der Waals surface area contributed by atoms with Gasteiger partial charge in [-0.2, -0.15) is 0 Å². The quantitative estimate of drug-likeness (QED) is 0.793. The summed E-state index contributed by atoms with van der Waals surface area (Å²) in [5.41, 5.74) is 1.10. The molecule has 26 heavy (non-hydrogen) atoms. The topological polar surface area (TPSA) is 68.8 Å². The molecule has 2 aromatic rings. The van der Waals surface area contributed by atoms with Gasteiger partial charge in [-0.05, 0) is 57.5 Å². The van der Waals surface area contributed by atoms with Crippen LogP contribution in [0.4, 0.5) is 0 Å². The number of aromatic nitrogens is 5. The van der Waals surface area contributed by atoms with Crippen LogP contribution in [0.15, 0.2) is 23.5 Å². The third kappa shape index (κ3) is 3.45. The molecule has 3 heterocycles. The predicted octanol–water partition coefficient (Wildman–Crippen LogP) is 1.96. The van der Waals surface area contributed by atoms with Crippen LogP contribution in [0.3, 0.4) is 0 Å². The Bertz CT molecular complexity index is 827. The molecule has 2 aromatic heterocycles. The van der Waals surface area contributed by atoms with Gasteiger partial charge in [0, 0.05) is 24.6 Å². The van der Waals surface area contributed by atoms with Crippen molar-refractivity contribution < 1.29 is 0 Å². The third-order valence-electron chi connectivity index (χ3n) is 6.01. The first kappa shape index (κ1) is 16.2. The van der Waals surface area contributed by atoms with Crippen LogP contribution in [-0.4, -0.2) is 42.3 Å². The highest BCUT2D eigenvalue weighted by atomic mass is 16.1. The lowest BCUT2D eigenvalue weighted by Crippen LogP contribution is -2.36. The summed E-state index contributed by atoms with van der Waals surface area (Å²) in [6.45, 7) is 3.80. The summed E-state index contributed by atoms with van der Waals surface area (Å²) in [6.07, 6.45) is 10.8. The molecule has 0 N–H and O–H groups in total. The number of hydrogen-bond acceptors (Lipinski definition) is 5. The van der Waals surface area contributed by atoms with E-state index in [1.165, 1.54) is 25.7 Å². The first-order valence-electron chi connectivity index (χ1n) is 9.93. The summed E-state index contributed by atoms with van der Waals surface area (Å²) in [5, 5.41) is 8.41. The van der Waals surface area contributed by atoms with E-state index >= 15 is 0 Å². The molecule has 0 aromatic carbocycles. The van der Waals surface area contributed by atoms with Crippen molar-refractivity contribution in [2.75, 3.05) is 13.1 Å². The Labute approximate surface area is 153 Å². The van der Waals surface area contributed by atoms with Gasteiger partial charge in [-0.15, -0.1) is 10.2 Å². The molecule has 0 atom stereocenters. The van der Waals surface area contributed by atoms with E-state index in [9.17, 15) is 4.79 Å². The summed E-state index contributed by atoms with van der Waals surface area (Å²) in [7, 11) is 0. The van der Waals surface area contributed by atoms with Crippen LogP contribution < -0.4 is 5.56 Å². The Hall–Kier alpha value is -2.02. The van der Waals surface area contributed by atoms with Crippen molar-refractivity contribution in [3.63, 3.8) is 0 Å². The molecule has 0 unspecified atom stereocenters. The molecule has 0 radical (unpaired) electrons. The van der Waals surface area contributed by atoms with Crippen molar-refractivity contribution in [2.24, 2.45) is 5.92 Å². The molecular weight excluding hydrogens is 328 g/mol. The molecule has 2 aliphatic carbocycles. The maximum absolute atomic E-state index is 12.3. The van der Waals surface area contributed by atoms with E-state index in [0.29, 0.717) is 17.9 Å². The molecule has 1 saturated heterocycles. The standard InChI is InChI=1S/C19H26N6O/c26-19-9-17(15-1-2-15)20-12-24(19)10-14-5-7-23(8-6-14)11-18-22-21-13-25(18)16-3-4-16/h9,12-16H,1-8,10-11H2. The van der Waals surface area contributed by atoms with E-state index in [2.05, 4.69) is 24.6 Å². The molecule has 0 amide bonds. The van der Waals surface area contributed by atoms with E-state index in [-0.39, 0.29) is 5.56 Å². The monoisotopic (exact) mass is 354 g/mol. The van der Waals surface area contributed by atoms with E-state index in [1.54, 1.807) is 17.0 Å². The van der Waals surface area contributed by atoms with E-state index in [1.807, 2.05) is 6.33 Å². The average molecular weight is 354 g/mol. The molecular formula is C19H26N6O. The zero-order valence-corrected chi connectivity index (χ0v) is 15.1. The zero-order valence-electron chi connectivity index (χ0n) is 15.1. The lowest BCUT2D eigenvalue weighted by atomic mass is 9.96. The van der Waals surface area contributed by atoms with Gasteiger partial charge in [0.15, 0.2) is 0 Å². The summed E-state index contributed by atoms with van der Waals surface area (Å²) in [5.74, 6) is 2.19. The predicted molar refractivity (Wildman–Crippen MR) is 96.8 cm³/mol. The lowest BCUT2D eigenvalue weighted by molar-refractivity contribution is 0.161. The second kappa shape index (κ2) is 6.61. The number of rotatable bonds is 6. The molecule has 138 valence electrons. The highest BCUT2D eigenvalue weighted by Gasteiger charge is 2.28. The lowest BCUT2D eigenvalue weighted by Gasteiger charge is -2.31. The van der Waals surface area contributed by atoms with Gasteiger partial charge in [-0.25, -0.2) is 4.98 Å². The van der Waals surface area contributed by atoms with Gasteiger partial charge in [0.1, 0.15) is 12.2 Å². The minimum atomic E-state index is 0.113. The maximum Gasteiger partial charge on any atom is 0.253 e. The van der Waals surface area contributed by atoms with Gasteiger partial charge in [0.05, 0.1) is 18.6 Å². The van der Waals surface area contributed by atoms with Crippen LogP contribution in [0, 0.1) is 5.92 Å². The molecule has 5 rings (SSSR count). The Morgan fingerprint density at radius 3 is 2.54 bits per heavy atom.